The highest BCUT2D eigenvalue weighted by atomic mass is 16.5. The number of ether oxygens (including phenoxy) is 1. The van der Waals surface area contributed by atoms with Crippen LogP contribution in [0.25, 0.3) is 11.0 Å². The maximum Gasteiger partial charge on any atom is 0.242 e. The van der Waals surface area contributed by atoms with Crippen LogP contribution in [0.15, 0.2) is 54.6 Å². The average molecular weight is 377 g/mol. The van der Waals surface area contributed by atoms with Gasteiger partial charge in [-0.1, -0.05) is 37.3 Å². The largest absolute Gasteiger partial charge is 0.483 e. The molecule has 1 aliphatic rings. The number of hydrogen-bond acceptors (Lipinski definition) is 3. The van der Waals surface area contributed by atoms with Gasteiger partial charge in [0, 0.05) is 13.1 Å². The smallest absolute Gasteiger partial charge is 0.242 e. The monoisotopic (exact) mass is 377 g/mol. The Morgan fingerprint density at radius 1 is 1.11 bits per heavy atom. The van der Waals surface area contributed by atoms with Gasteiger partial charge in [-0.15, -0.1) is 0 Å². The standard InChI is InChI=1S/C23H27N3O2/c1-17-12-14-25(15-13-17)22(27)16-26-21-11-7-6-10-20(21)24-23(26)18(2)28-19-8-4-3-5-9-19/h3-11,17-18H,12-16H2,1-2H3. The number of amides is 1. The van der Waals surface area contributed by atoms with Crippen molar-refractivity contribution in [1.82, 2.24) is 14.5 Å². The van der Waals surface area contributed by atoms with Gasteiger partial charge in [0.25, 0.3) is 0 Å². The molecule has 0 aliphatic carbocycles. The van der Waals surface area contributed by atoms with Crippen LogP contribution in [0.5, 0.6) is 5.75 Å². The molecule has 3 aromatic rings. The third-order valence-corrected chi connectivity index (χ3v) is 5.53. The van der Waals surface area contributed by atoms with Crippen LogP contribution < -0.4 is 4.74 Å². The number of fused-ring (bicyclic) bond motifs is 1. The van der Waals surface area contributed by atoms with Crippen LogP contribution in [-0.4, -0.2) is 33.4 Å². The van der Waals surface area contributed by atoms with E-state index in [4.69, 9.17) is 9.72 Å². The highest BCUT2D eigenvalue weighted by Gasteiger charge is 2.24. The molecule has 0 N–H and O–H groups in total. The summed E-state index contributed by atoms with van der Waals surface area (Å²) in [5.74, 6) is 2.44. The number of imidazole rings is 1. The highest BCUT2D eigenvalue weighted by Crippen LogP contribution is 2.26. The number of rotatable bonds is 5. The third kappa shape index (κ3) is 3.88. The first kappa shape index (κ1) is 18.5. The Balaban J connectivity index is 1.61. The summed E-state index contributed by atoms with van der Waals surface area (Å²) < 4.78 is 8.12. The molecule has 4 rings (SSSR count). The van der Waals surface area contributed by atoms with Crippen LogP contribution in [0.1, 0.15) is 38.6 Å². The number of benzene rings is 2. The fourth-order valence-corrected chi connectivity index (χ4v) is 3.82. The molecule has 1 saturated heterocycles. The maximum atomic E-state index is 13.0. The number of piperidine rings is 1. The molecule has 2 aromatic carbocycles. The molecule has 0 bridgehead atoms. The third-order valence-electron chi connectivity index (χ3n) is 5.53. The molecule has 1 amide bonds. The Hall–Kier alpha value is -2.82. The number of carbonyl (C=O) groups excluding carboxylic acids is 1. The first-order valence-corrected chi connectivity index (χ1v) is 10.1. The predicted molar refractivity (Wildman–Crippen MR) is 110 cm³/mol. The number of nitrogens with zero attached hydrogens (tertiary/aromatic N) is 3. The molecule has 1 unspecified atom stereocenters. The van der Waals surface area contributed by atoms with Crippen LogP contribution in [0.3, 0.4) is 0 Å². The van der Waals surface area contributed by atoms with E-state index in [1.54, 1.807) is 0 Å². The van der Waals surface area contributed by atoms with Gasteiger partial charge in [-0.2, -0.15) is 0 Å². The second kappa shape index (κ2) is 8.05. The second-order valence-electron chi connectivity index (χ2n) is 7.68. The molecule has 1 aromatic heterocycles. The average Bonchev–Trinajstić information content (AvgIpc) is 3.08. The SMILES string of the molecule is CC1CCN(C(=O)Cn2c(C(C)Oc3ccccc3)nc3ccccc32)CC1. The first-order valence-electron chi connectivity index (χ1n) is 10.1. The Morgan fingerprint density at radius 2 is 1.79 bits per heavy atom. The van der Waals surface area contributed by atoms with Crippen molar-refractivity contribution in [2.45, 2.75) is 39.3 Å². The van der Waals surface area contributed by atoms with Crippen molar-refractivity contribution in [1.29, 1.82) is 0 Å². The van der Waals surface area contributed by atoms with E-state index in [1.165, 1.54) is 0 Å². The van der Waals surface area contributed by atoms with Crippen LogP contribution in [-0.2, 0) is 11.3 Å². The normalized spacial score (nSPS) is 16.3. The van der Waals surface area contributed by atoms with E-state index in [0.29, 0.717) is 12.5 Å². The number of aromatic nitrogens is 2. The van der Waals surface area contributed by atoms with Gasteiger partial charge >= 0.3 is 0 Å². The lowest BCUT2D eigenvalue weighted by molar-refractivity contribution is -0.133. The Labute approximate surface area is 165 Å². The molecule has 2 heterocycles. The minimum absolute atomic E-state index is 0.156. The summed E-state index contributed by atoms with van der Waals surface area (Å²) >= 11 is 0. The highest BCUT2D eigenvalue weighted by molar-refractivity contribution is 5.81. The summed E-state index contributed by atoms with van der Waals surface area (Å²) in [6.07, 6.45) is 1.90. The molecule has 1 fully saturated rings. The quantitative estimate of drug-likeness (QED) is 0.661. The second-order valence-corrected chi connectivity index (χ2v) is 7.68. The number of hydrogen-bond donors (Lipinski definition) is 0. The molecular weight excluding hydrogens is 350 g/mol. The van der Waals surface area contributed by atoms with Crippen molar-refractivity contribution in [2.75, 3.05) is 13.1 Å². The maximum absolute atomic E-state index is 13.0. The van der Waals surface area contributed by atoms with E-state index in [9.17, 15) is 4.79 Å². The fourth-order valence-electron chi connectivity index (χ4n) is 3.82. The van der Waals surface area contributed by atoms with Crippen molar-refractivity contribution in [3.63, 3.8) is 0 Å². The van der Waals surface area contributed by atoms with E-state index in [2.05, 4.69) is 6.92 Å². The molecule has 28 heavy (non-hydrogen) atoms. The van der Waals surface area contributed by atoms with Crippen molar-refractivity contribution in [3.8, 4) is 5.75 Å². The van der Waals surface area contributed by atoms with Crippen LogP contribution in [0.4, 0.5) is 0 Å². The van der Waals surface area contributed by atoms with Gasteiger partial charge in [-0.3, -0.25) is 4.79 Å². The topological polar surface area (TPSA) is 47.4 Å². The summed E-state index contributed by atoms with van der Waals surface area (Å²) in [6.45, 7) is 6.23. The van der Waals surface area contributed by atoms with Crippen LogP contribution in [0.2, 0.25) is 0 Å². The van der Waals surface area contributed by atoms with Gasteiger partial charge in [-0.25, -0.2) is 4.98 Å². The van der Waals surface area contributed by atoms with Gasteiger partial charge in [0.05, 0.1) is 11.0 Å². The number of para-hydroxylation sites is 3. The minimum atomic E-state index is -0.260. The molecule has 5 heteroatoms. The fraction of sp³-hybridized carbons (Fsp3) is 0.391. The van der Waals surface area contributed by atoms with E-state index < -0.39 is 0 Å². The molecule has 1 aliphatic heterocycles. The summed E-state index contributed by atoms with van der Waals surface area (Å²) in [7, 11) is 0. The van der Waals surface area contributed by atoms with Gasteiger partial charge in [0.2, 0.25) is 5.91 Å². The molecular formula is C23H27N3O2. The van der Waals surface area contributed by atoms with Crippen molar-refractivity contribution >= 4 is 16.9 Å². The zero-order valence-corrected chi connectivity index (χ0v) is 16.5. The Bertz CT molecular complexity index is 943. The predicted octanol–water partition coefficient (Wildman–Crippen LogP) is 4.43. The lowest BCUT2D eigenvalue weighted by Gasteiger charge is -2.30. The minimum Gasteiger partial charge on any atom is -0.483 e. The summed E-state index contributed by atoms with van der Waals surface area (Å²) in [6, 6.07) is 17.7. The van der Waals surface area contributed by atoms with Gasteiger partial charge < -0.3 is 14.2 Å². The van der Waals surface area contributed by atoms with Gasteiger partial charge in [0.1, 0.15) is 12.3 Å². The van der Waals surface area contributed by atoms with E-state index in [-0.39, 0.29) is 12.0 Å². The van der Waals surface area contributed by atoms with E-state index >= 15 is 0 Å². The molecule has 0 radical (unpaired) electrons. The molecule has 1 atom stereocenters. The lowest BCUT2D eigenvalue weighted by Crippen LogP contribution is -2.40. The molecule has 0 spiro atoms. The zero-order chi connectivity index (χ0) is 19.5. The first-order chi connectivity index (χ1) is 13.6. The lowest BCUT2D eigenvalue weighted by atomic mass is 9.99. The molecule has 0 saturated carbocycles. The summed E-state index contributed by atoms with van der Waals surface area (Å²) in [5.41, 5.74) is 1.86. The van der Waals surface area contributed by atoms with Crippen molar-refractivity contribution < 1.29 is 9.53 Å². The number of likely N-dealkylation sites (tertiary alicyclic amines) is 1. The van der Waals surface area contributed by atoms with Crippen LogP contribution >= 0.6 is 0 Å². The van der Waals surface area contributed by atoms with E-state index in [1.807, 2.05) is 71.0 Å². The Morgan fingerprint density at radius 3 is 2.54 bits per heavy atom. The van der Waals surface area contributed by atoms with Gasteiger partial charge in [-0.05, 0) is 49.9 Å². The summed E-state index contributed by atoms with van der Waals surface area (Å²) in [4.78, 5) is 19.8. The Kier molecular flexibility index (Phi) is 5.33. The molecule has 146 valence electrons. The van der Waals surface area contributed by atoms with Crippen LogP contribution in [0, 0.1) is 5.92 Å². The molecule has 5 nitrogen and oxygen atoms in total. The summed E-state index contributed by atoms with van der Waals surface area (Å²) in [5, 5.41) is 0. The van der Waals surface area contributed by atoms with Gasteiger partial charge in [0.15, 0.2) is 11.9 Å². The number of carbonyl (C=O) groups is 1. The van der Waals surface area contributed by atoms with Crippen molar-refractivity contribution in [3.05, 3.63) is 60.4 Å². The zero-order valence-electron chi connectivity index (χ0n) is 16.5. The van der Waals surface area contributed by atoms with Crippen molar-refractivity contribution in [2.24, 2.45) is 5.92 Å². The van der Waals surface area contributed by atoms with E-state index in [0.717, 1.165) is 48.5 Å².